The smallest absolute Gasteiger partial charge is 0.401 e. The van der Waals surface area contributed by atoms with Gasteiger partial charge in [0.1, 0.15) is 11.6 Å². The summed E-state index contributed by atoms with van der Waals surface area (Å²) >= 11 is 0. The first-order valence-corrected chi connectivity index (χ1v) is 11.0. The number of carbonyl (C=O) groups excluding carboxylic acids is 1. The second kappa shape index (κ2) is 8.94. The van der Waals surface area contributed by atoms with Crippen LogP contribution in [0.5, 0.6) is 5.75 Å². The molecule has 1 amide bonds. The van der Waals surface area contributed by atoms with Crippen molar-refractivity contribution in [2.24, 2.45) is 23.6 Å². The summed E-state index contributed by atoms with van der Waals surface area (Å²) in [6.07, 6.45) is 1.13. The number of rotatable bonds is 8. The first kappa shape index (κ1) is 22.3. The van der Waals surface area contributed by atoms with Crippen molar-refractivity contribution >= 4 is 5.91 Å². The quantitative estimate of drug-likeness (QED) is 0.286. The van der Waals surface area contributed by atoms with Crippen LogP contribution in [-0.2, 0) is 0 Å². The molecule has 3 fully saturated rings. The Morgan fingerprint density at radius 3 is 2.52 bits per heavy atom. The maximum atomic E-state index is 14.3. The average Bonchev–Trinajstić information content (AvgIpc) is 3.61. The molecule has 4 rings (SSSR count). The zero-order chi connectivity index (χ0) is 22.2. The van der Waals surface area contributed by atoms with Gasteiger partial charge in [-0.3, -0.25) is 14.7 Å². The zero-order valence-electron chi connectivity index (χ0n) is 17.4. The number of carbonyl (C=O) groups is 1. The molecule has 1 aromatic carbocycles. The zero-order valence-corrected chi connectivity index (χ0v) is 17.4. The molecule has 0 spiro atoms. The third-order valence-electron chi connectivity index (χ3n) is 6.72. The predicted octanol–water partition coefficient (Wildman–Crippen LogP) is 3.98. The Hall–Kier alpha value is -1.87. The van der Waals surface area contributed by atoms with Crippen molar-refractivity contribution in [3.05, 3.63) is 29.6 Å². The van der Waals surface area contributed by atoms with Crippen molar-refractivity contribution < 1.29 is 27.1 Å². The summed E-state index contributed by atoms with van der Waals surface area (Å²) in [7, 11) is 0. The summed E-state index contributed by atoms with van der Waals surface area (Å²) in [4.78, 5) is 13.7. The lowest BCUT2D eigenvalue weighted by Gasteiger charge is -2.32. The molecule has 0 aromatic heterocycles. The number of likely N-dealkylation sites (tertiary alicyclic amines) is 1. The van der Waals surface area contributed by atoms with E-state index in [0.717, 1.165) is 43.5 Å². The molecule has 2 saturated carbocycles. The number of hydrogen-bond donors (Lipinski definition) is 1. The molecule has 1 heterocycles. The Morgan fingerprint density at radius 2 is 1.90 bits per heavy atom. The van der Waals surface area contributed by atoms with Gasteiger partial charge in [0.25, 0.3) is 5.91 Å². The van der Waals surface area contributed by atoms with E-state index in [-0.39, 0.29) is 11.6 Å². The Balaban J connectivity index is 1.17. The van der Waals surface area contributed by atoms with Gasteiger partial charge >= 0.3 is 6.18 Å². The van der Waals surface area contributed by atoms with Crippen LogP contribution < -0.4 is 10.6 Å². The number of halogens is 4. The normalized spacial score (nSPS) is 24.8. The van der Waals surface area contributed by atoms with Crippen molar-refractivity contribution in [1.82, 2.24) is 9.91 Å². The van der Waals surface area contributed by atoms with Gasteiger partial charge in [-0.05, 0) is 81.5 Å². The van der Waals surface area contributed by atoms with Crippen LogP contribution >= 0.6 is 0 Å². The van der Waals surface area contributed by atoms with E-state index in [0.29, 0.717) is 43.2 Å². The van der Waals surface area contributed by atoms with E-state index in [1.807, 2.05) is 0 Å². The highest BCUT2D eigenvalue weighted by atomic mass is 19.4. The Morgan fingerprint density at radius 1 is 1.19 bits per heavy atom. The number of nitrogens with zero attached hydrogens (tertiary/aromatic N) is 2. The number of hydrazine groups is 1. The molecule has 5 nitrogen and oxygen atoms in total. The van der Waals surface area contributed by atoms with Gasteiger partial charge in [0.15, 0.2) is 0 Å². The molecule has 2 aliphatic carbocycles. The lowest BCUT2D eigenvalue weighted by molar-refractivity contribution is -0.148. The molecule has 1 aliphatic heterocycles. The van der Waals surface area contributed by atoms with Gasteiger partial charge in [-0.2, -0.15) is 13.2 Å². The van der Waals surface area contributed by atoms with Crippen LogP contribution in [-0.4, -0.2) is 54.3 Å². The molecular weight excluding hydrogens is 414 g/mol. The SMILES string of the molecule is NN(C(=O)c1ccc(OCC[C@@H]2C[C@@H]2C2CCN(CC(F)(F)F)CC2)cc1F)C1CC1. The van der Waals surface area contributed by atoms with E-state index in [2.05, 4.69) is 0 Å². The van der Waals surface area contributed by atoms with E-state index in [4.69, 9.17) is 10.6 Å². The fraction of sp³-hybridized carbons (Fsp3) is 0.682. The molecule has 1 saturated heterocycles. The molecule has 9 heteroatoms. The van der Waals surface area contributed by atoms with E-state index in [9.17, 15) is 22.4 Å². The van der Waals surface area contributed by atoms with Gasteiger partial charge in [0.05, 0.1) is 18.7 Å². The molecule has 1 aromatic rings. The maximum Gasteiger partial charge on any atom is 0.401 e. The van der Waals surface area contributed by atoms with Crippen molar-refractivity contribution in [2.75, 3.05) is 26.2 Å². The van der Waals surface area contributed by atoms with E-state index < -0.39 is 24.4 Å². The molecule has 2 atom stereocenters. The molecule has 3 aliphatic rings. The lowest BCUT2D eigenvalue weighted by atomic mass is 9.90. The summed E-state index contributed by atoms with van der Waals surface area (Å²) in [6.45, 7) is 0.656. The summed E-state index contributed by atoms with van der Waals surface area (Å²) < 4.78 is 57.5. The Bertz CT molecular complexity index is 791. The Labute approximate surface area is 179 Å². The average molecular weight is 443 g/mol. The summed E-state index contributed by atoms with van der Waals surface area (Å²) in [5.41, 5.74) is -0.0547. The number of hydrogen-bond acceptors (Lipinski definition) is 4. The first-order valence-electron chi connectivity index (χ1n) is 11.0. The third-order valence-corrected chi connectivity index (χ3v) is 6.72. The highest BCUT2D eigenvalue weighted by Crippen LogP contribution is 2.49. The molecule has 2 N–H and O–H groups in total. The molecular formula is C22H29F4N3O2. The van der Waals surface area contributed by atoms with Gasteiger partial charge in [-0.1, -0.05) is 0 Å². The van der Waals surface area contributed by atoms with Crippen molar-refractivity contribution in [1.29, 1.82) is 0 Å². The van der Waals surface area contributed by atoms with Crippen molar-refractivity contribution in [3.8, 4) is 5.75 Å². The first-order chi connectivity index (χ1) is 14.7. The summed E-state index contributed by atoms with van der Waals surface area (Å²) in [5.74, 6) is 6.51. The summed E-state index contributed by atoms with van der Waals surface area (Å²) in [6, 6.07) is 4.21. The molecule has 0 unspecified atom stereocenters. The predicted molar refractivity (Wildman–Crippen MR) is 107 cm³/mol. The fourth-order valence-electron chi connectivity index (χ4n) is 4.72. The Kier molecular flexibility index (Phi) is 6.44. The van der Waals surface area contributed by atoms with Crippen molar-refractivity contribution in [3.63, 3.8) is 0 Å². The molecule has 0 bridgehead atoms. The topological polar surface area (TPSA) is 58.8 Å². The highest BCUT2D eigenvalue weighted by Gasteiger charge is 2.44. The number of nitrogens with two attached hydrogens (primary N) is 1. The number of ether oxygens (including phenoxy) is 1. The minimum absolute atomic E-state index is 0.00573. The van der Waals surface area contributed by atoms with Gasteiger partial charge < -0.3 is 4.74 Å². The van der Waals surface area contributed by atoms with E-state index in [1.165, 1.54) is 17.0 Å². The van der Waals surface area contributed by atoms with Crippen molar-refractivity contribution in [2.45, 2.75) is 50.7 Å². The number of amides is 1. The number of benzene rings is 1. The second-order valence-electron chi connectivity index (χ2n) is 9.11. The van der Waals surface area contributed by atoms with Gasteiger partial charge in [0, 0.05) is 12.1 Å². The van der Waals surface area contributed by atoms with Crippen LogP contribution in [0.15, 0.2) is 18.2 Å². The van der Waals surface area contributed by atoms with Gasteiger partial charge in [-0.15, -0.1) is 0 Å². The van der Waals surface area contributed by atoms with Crippen LogP contribution in [0.3, 0.4) is 0 Å². The van der Waals surface area contributed by atoms with E-state index in [1.54, 1.807) is 6.07 Å². The van der Waals surface area contributed by atoms with Gasteiger partial charge in [0.2, 0.25) is 0 Å². The highest BCUT2D eigenvalue weighted by molar-refractivity contribution is 5.94. The second-order valence-corrected chi connectivity index (χ2v) is 9.11. The fourth-order valence-corrected chi connectivity index (χ4v) is 4.72. The minimum atomic E-state index is -4.13. The lowest BCUT2D eigenvalue weighted by Crippen LogP contribution is -2.40. The molecule has 0 radical (unpaired) electrons. The third kappa shape index (κ3) is 5.88. The largest absolute Gasteiger partial charge is 0.493 e. The van der Waals surface area contributed by atoms with Crippen LogP contribution in [0, 0.1) is 23.6 Å². The molecule has 31 heavy (non-hydrogen) atoms. The van der Waals surface area contributed by atoms with Crippen LogP contribution in [0.2, 0.25) is 0 Å². The van der Waals surface area contributed by atoms with Gasteiger partial charge in [-0.25, -0.2) is 10.2 Å². The number of alkyl halides is 3. The van der Waals surface area contributed by atoms with Crippen LogP contribution in [0.1, 0.15) is 48.9 Å². The number of piperidine rings is 1. The van der Waals surface area contributed by atoms with E-state index >= 15 is 0 Å². The van der Waals surface area contributed by atoms with Crippen LogP contribution in [0.4, 0.5) is 17.6 Å². The minimum Gasteiger partial charge on any atom is -0.493 e. The van der Waals surface area contributed by atoms with Crippen LogP contribution in [0.25, 0.3) is 0 Å². The summed E-state index contributed by atoms with van der Waals surface area (Å²) in [5, 5.41) is 1.10. The monoisotopic (exact) mass is 443 g/mol. The maximum absolute atomic E-state index is 14.3. The standard InChI is InChI=1S/C22H29F4N3O2/c23-20-12-17(3-4-18(20)21(30)29(27)16-1-2-16)31-10-7-15-11-19(15)14-5-8-28(9-6-14)13-22(24,25)26/h3-4,12,14-16,19H,1-2,5-11,13,27H2/t15-,19-/m1/s1. The molecule has 172 valence electrons.